The third-order valence-corrected chi connectivity index (χ3v) is 7.04. The van der Waals surface area contributed by atoms with Crippen LogP contribution in [0, 0.1) is 0 Å². The van der Waals surface area contributed by atoms with Crippen LogP contribution in [-0.2, 0) is 23.2 Å². The first-order valence-electron chi connectivity index (χ1n) is 12.0. The van der Waals surface area contributed by atoms with E-state index in [-0.39, 0.29) is 18.2 Å². The van der Waals surface area contributed by atoms with Crippen molar-refractivity contribution >= 4 is 17.7 Å². The van der Waals surface area contributed by atoms with Gasteiger partial charge in [-0.15, -0.1) is 0 Å². The standard InChI is InChI=1S/C29H24N4O3/c1-32-27(23-10-6-5-9-21(23)18-7-3-2-4-8-18)24(16-30-32)19-11-12-22-20(15-19)17-33(29(22)36)25-13-14-26(34)31-28(25)35/h2-12,15-16,25H,13-14,17H2,1H3,(H,31,34,35). The number of nitrogens with zero attached hydrogens (tertiary/aromatic N) is 3. The molecule has 1 atom stereocenters. The lowest BCUT2D eigenvalue weighted by atomic mass is 9.93. The van der Waals surface area contributed by atoms with Crippen LogP contribution in [0.15, 0.2) is 79.0 Å². The summed E-state index contributed by atoms with van der Waals surface area (Å²) in [5, 5.41) is 6.93. The van der Waals surface area contributed by atoms with E-state index >= 15 is 0 Å². The summed E-state index contributed by atoms with van der Waals surface area (Å²) in [5.41, 5.74) is 7.68. The van der Waals surface area contributed by atoms with Gasteiger partial charge >= 0.3 is 0 Å². The Kier molecular flexibility index (Phi) is 5.25. The number of nitrogens with one attached hydrogen (secondary N) is 1. The third-order valence-electron chi connectivity index (χ3n) is 7.04. The van der Waals surface area contributed by atoms with Crippen molar-refractivity contribution in [2.45, 2.75) is 25.4 Å². The number of imide groups is 1. The minimum Gasteiger partial charge on any atom is -0.322 e. The van der Waals surface area contributed by atoms with Gasteiger partial charge in [0.25, 0.3) is 5.91 Å². The summed E-state index contributed by atoms with van der Waals surface area (Å²) in [5.74, 6) is -0.867. The van der Waals surface area contributed by atoms with Crippen molar-refractivity contribution in [2.24, 2.45) is 7.05 Å². The van der Waals surface area contributed by atoms with Crippen molar-refractivity contribution < 1.29 is 14.4 Å². The molecular formula is C29H24N4O3. The van der Waals surface area contributed by atoms with Crippen LogP contribution in [0.1, 0.15) is 28.8 Å². The van der Waals surface area contributed by atoms with Crippen molar-refractivity contribution in [1.29, 1.82) is 0 Å². The highest BCUT2D eigenvalue weighted by molar-refractivity contribution is 6.05. The van der Waals surface area contributed by atoms with E-state index in [1.165, 1.54) is 0 Å². The van der Waals surface area contributed by atoms with E-state index < -0.39 is 11.9 Å². The molecule has 1 unspecified atom stereocenters. The lowest BCUT2D eigenvalue weighted by Gasteiger charge is -2.29. The van der Waals surface area contributed by atoms with Crippen LogP contribution >= 0.6 is 0 Å². The topological polar surface area (TPSA) is 84.3 Å². The molecule has 0 radical (unpaired) electrons. The molecule has 2 aliphatic rings. The highest BCUT2D eigenvalue weighted by atomic mass is 16.2. The maximum atomic E-state index is 13.1. The largest absolute Gasteiger partial charge is 0.322 e. The zero-order valence-corrected chi connectivity index (χ0v) is 19.8. The molecule has 3 aromatic carbocycles. The second-order valence-corrected chi connectivity index (χ2v) is 9.21. The van der Waals surface area contributed by atoms with E-state index in [1.54, 1.807) is 4.90 Å². The number of benzene rings is 3. The van der Waals surface area contributed by atoms with Crippen LogP contribution in [0.5, 0.6) is 0 Å². The molecule has 0 saturated carbocycles. The fourth-order valence-electron chi connectivity index (χ4n) is 5.27. The molecule has 178 valence electrons. The lowest BCUT2D eigenvalue weighted by Crippen LogP contribution is -2.52. The van der Waals surface area contributed by atoms with Crippen LogP contribution in [0.3, 0.4) is 0 Å². The number of hydrogen-bond acceptors (Lipinski definition) is 4. The quantitative estimate of drug-likeness (QED) is 0.448. The summed E-state index contributed by atoms with van der Waals surface area (Å²) in [6.45, 7) is 0.338. The first-order valence-corrected chi connectivity index (χ1v) is 12.0. The van der Waals surface area contributed by atoms with Crippen LogP contribution in [0.2, 0.25) is 0 Å². The third kappa shape index (κ3) is 3.60. The molecule has 1 saturated heterocycles. The molecule has 1 aromatic heterocycles. The van der Waals surface area contributed by atoms with Gasteiger partial charge in [-0.25, -0.2) is 0 Å². The van der Waals surface area contributed by atoms with E-state index in [0.717, 1.165) is 39.1 Å². The van der Waals surface area contributed by atoms with E-state index in [4.69, 9.17) is 0 Å². The fraction of sp³-hybridized carbons (Fsp3) is 0.172. The van der Waals surface area contributed by atoms with Gasteiger partial charge in [-0.1, -0.05) is 60.7 Å². The molecule has 1 fully saturated rings. The molecule has 4 aromatic rings. The summed E-state index contributed by atoms with van der Waals surface area (Å²) in [6, 6.07) is 23.7. The number of fused-ring (bicyclic) bond motifs is 1. The second-order valence-electron chi connectivity index (χ2n) is 9.21. The Morgan fingerprint density at radius 2 is 1.58 bits per heavy atom. The maximum absolute atomic E-state index is 13.1. The number of aromatic nitrogens is 2. The molecule has 3 amide bonds. The van der Waals surface area contributed by atoms with E-state index in [0.29, 0.717) is 18.5 Å². The Hall–Kier alpha value is -4.52. The summed E-state index contributed by atoms with van der Waals surface area (Å²) >= 11 is 0. The van der Waals surface area contributed by atoms with E-state index in [2.05, 4.69) is 34.7 Å². The predicted octanol–water partition coefficient (Wildman–Crippen LogP) is 4.18. The van der Waals surface area contributed by atoms with Gasteiger partial charge in [-0.3, -0.25) is 24.4 Å². The fourth-order valence-corrected chi connectivity index (χ4v) is 5.27. The van der Waals surface area contributed by atoms with Gasteiger partial charge in [0, 0.05) is 36.7 Å². The van der Waals surface area contributed by atoms with Crippen molar-refractivity contribution in [3.05, 3.63) is 90.1 Å². The average Bonchev–Trinajstić information content (AvgIpc) is 3.44. The Labute approximate surface area is 208 Å². The maximum Gasteiger partial charge on any atom is 0.255 e. The molecular weight excluding hydrogens is 452 g/mol. The first-order chi connectivity index (χ1) is 17.5. The second kappa shape index (κ2) is 8.61. The molecule has 2 aliphatic heterocycles. The number of piperidine rings is 1. The first kappa shape index (κ1) is 22.0. The van der Waals surface area contributed by atoms with Gasteiger partial charge in [-0.05, 0) is 40.8 Å². The van der Waals surface area contributed by atoms with Gasteiger partial charge < -0.3 is 4.90 Å². The Bertz CT molecular complexity index is 1520. The Balaban J connectivity index is 1.38. The van der Waals surface area contributed by atoms with Gasteiger partial charge in [-0.2, -0.15) is 5.10 Å². The molecule has 3 heterocycles. The molecule has 0 spiro atoms. The Morgan fingerprint density at radius 1 is 0.833 bits per heavy atom. The van der Waals surface area contributed by atoms with Crippen molar-refractivity contribution in [1.82, 2.24) is 20.0 Å². The normalized spacial score (nSPS) is 17.3. The van der Waals surface area contributed by atoms with Gasteiger partial charge in [0.1, 0.15) is 6.04 Å². The zero-order chi connectivity index (χ0) is 24.8. The van der Waals surface area contributed by atoms with Crippen LogP contribution in [0.4, 0.5) is 0 Å². The highest BCUT2D eigenvalue weighted by Gasteiger charge is 2.39. The van der Waals surface area contributed by atoms with Crippen LogP contribution in [-0.4, -0.2) is 38.4 Å². The van der Waals surface area contributed by atoms with Crippen molar-refractivity contribution in [3.8, 4) is 33.5 Å². The molecule has 7 heteroatoms. The summed E-state index contributed by atoms with van der Waals surface area (Å²) in [6.07, 6.45) is 2.44. The van der Waals surface area contributed by atoms with Crippen molar-refractivity contribution in [2.75, 3.05) is 0 Å². The van der Waals surface area contributed by atoms with E-state index in [1.807, 2.05) is 66.5 Å². The number of aryl methyl sites for hydroxylation is 1. The number of amides is 3. The minimum absolute atomic E-state index is 0.174. The highest BCUT2D eigenvalue weighted by Crippen LogP contribution is 2.39. The molecule has 0 bridgehead atoms. The average molecular weight is 477 g/mol. The van der Waals surface area contributed by atoms with Crippen LogP contribution < -0.4 is 5.32 Å². The number of carbonyl (C=O) groups is 3. The minimum atomic E-state index is -0.627. The molecule has 7 nitrogen and oxygen atoms in total. The number of carbonyl (C=O) groups excluding carboxylic acids is 3. The van der Waals surface area contributed by atoms with Crippen LogP contribution in [0.25, 0.3) is 33.5 Å². The molecule has 0 aliphatic carbocycles. The molecule has 36 heavy (non-hydrogen) atoms. The van der Waals surface area contributed by atoms with Gasteiger partial charge in [0.15, 0.2) is 0 Å². The monoisotopic (exact) mass is 476 g/mol. The van der Waals surface area contributed by atoms with Crippen molar-refractivity contribution in [3.63, 3.8) is 0 Å². The lowest BCUT2D eigenvalue weighted by molar-refractivity contribution is -0.136. The number of hydrogen-bond donors (Lipinski definition) is 1. The Morgan fingerprint density at radius 3 is 2.36 bits per heavy atom. The van der Waals surface area contributed by atoms with E-state index in [9.17, 15) is 14.4 Å². The van der Waals surface area contributed by atoms with Gasteiger partial charge in [0.2, 0.25) is 11.8 Å². The summed E-state index contributed by atoms with van der Waals surface area (Å²) in [7, 11) is 1.93. The molecule has 1 N–H and O–H groups in total. The summed E-state index contributed by atoms with van der Waals surface area (Å²) < 4.78 is 1.88. The van der Waals surface area contributed by atoms with Gasteiger partial charge in [0.05, 0.1) is 11.9 Å². The SMILES string of the molecule is Cn1ncc(-c2ccc3c(c2)CN(C2CCC(=O)NC2=O)C3=O)c1-c1ccccc1-c1ccccc1. The molecule has 6 rings (SSSR count). The predicted molar refractivity (Wildman–Crippen MR) is 136 cm³/mol. The summed E-state index contributed by atoms with van der Waals surface area (Å²) in [4.78, 5) is 38.6. The number of rotatable bonds is 4. The zero-order valence-electron chi connectivity index (χ0n) is 19.8. The smallest absolute Gasteiger partial charge is 0.255 e.